The van der Waals surface area contributed by atoms with Gasteiger partial charge >= 0.3 is 5.97 Å². The van der Waals surface area contributed by atoms with Crippen LogP contribution in [0, 0.1) is 29.6 Å². The third-order valence-electron chi connectivity index (χ3n) is 12.9. The highest BCUT2D eigenvalue weighted by molar-refractivity contribution is 6.39. The van der Waals surface area contributed by atoms with Crippen LogP contribution < -0.4 is 0 Å². The minimum absolute atomic E-state index is 0.000914. The number of aliphatic hydroxyl groups excluding tert-OH is 2. The second-order valence-corrected chi connectivity index (χ2v) is 17.2. The van der Waals surface area contributed by atoms with Crippen LogP contribution in [0.15, 0.2) is 23.3 Å². The minimum Gasteiger partial charge on any atom is -0.456 e. The smallest absolute Gasteiger partial charge is 0.329 e. The van der Waals surface area contributed by atoms with E-state index in [1.165, 1.54) is 19.1 Å². The largest absolute Gasteiger partial charge is 0.456 e. The maximum absolute atomic E-state index is 14.3. The summed E-state index contributed by atoms with van der Waals surface area (Å²) in [6, 6.07) is -1.13. The third kappa shape index (κ3) is 10.7. The van der Waals surface area contributed by atoms with Gasteiger partial charge in [-0.3, -0.25) is 14.4 Å². The molecule has 3 N–H and O–H groups in total. The van der Waals surface area contributed by atoms with Gasteiger partial charge in [-0.25, -0.2) is 4.79 Å². The van der Waals surface area contributed by atoms with Gasteiger partial charge < -0.3 is 43.9 Å². The summed E-state index contributed by atoms with van der Waals surface area (Å²) in [7, 11) is 4.63. The third-order valence-corrected chi connectivity index (χ3v) is 12.9. The van der Waals surface area contributed by atoms with Gasteiger partial charge in [0, 0.05) is 52.0 Å². The van der Waals surface area contributed by atoms with Crippen LogP contribution in [0.1, 0.15) is 112 Å². The summed E-state index contributed by atoms with van der Waals surface area (Å²) in [5.74, 6) is -7.50. The molecule has 4 rings (SSSR count). The van der Waals surface area contributed by atoms with Gasteiger partial charge in [0.05, 0.1) is 30.5 Å². The summed E-state index contributed by atoms with van der Waals surface area (Å²) in [5, 5.41) is 34.1. The number of ether oxygens (including phenoxy) is 5. The van der Waals surface area contributed by atoms with E-state index in [9.17, 15) is 34.5 Å². The number of piperidine rings is 1. The van der Waals surface area contributed by atoms with E-state index in [0.29, 0.717) is 56.9 Å². The number of allylic oxidation sites excluding steroid dienone is 3. The lowest BCUT2D eigenvalue weighted by Gasteiger charge is -2.47. The van der Waals surface area contributed by atoms with Gasteiger partial charge in [0.25, 0.3) is 11.7 Å². The number of carbonyl (C=O) groups excluding carboxylic acids is 4. The highest BCUT2D eigenvalue weighted by Crippen LogP contribution is 2.39. The molecule has 2 saturated heterocycles. The van der Waals surface area contributed by atoms with Gasteiger partial charge in [-0.15, -0.1) is 0 Å². The van der Waals surface area contributed by atoms with Crippen LogP contribution in [0.2, 0.25) is 0 Å². The van der Waals surface area contributed by atoms with Gasteiger partial charge in [-0.1, -0.05) is 45.4 Å². The van der Waals surface area contributed by atoms with E-state index >= 15 is 0 Å². The van der Waals surface area contributed by atoms with Crippen molar-refractivity contribution in [2.75, 3.05) is 27.9 Å². The van der Waals surface area contributed by atoms with Crippen molar-refractivity contribution in [1.82, 2.24) is 4.90 Å². The van der Waals surface area contributed by atoms with Gasteiger partial charge in [0.2, 0.25) is 5.79 Å². The Morgan fingerprint density at radius 2 is 1.57 bits per heavy atom. The Bertz CT molecular complexity index is 1430. The van der Waals surface area contributed by atoms with Crippen molar-refractivity contribution in [3.8, 4) is 0 Å². The maximum Gasteiger partial charge on any atom is 0.329 e. The van der Waals surface area contributed by atoms with Crippen LogP contribution in [0.3, 0.4) is 0 Å². The molecule has 13 heteroatoms. The number of nitrogens with zero attached hydrogens (tertiary/aromatic N) is 1. The Morgan fingerprint density at radius 1 is 0.911 bits per heavy atom. The fourth-order valence-electron chi connectivity index (χ4n) is 9.39. The molecule has 0 aromatic heterocycles. The van der Waals surface area contributed by atoms with Crippen LogP contribution in [-0.2, 0) is 42.9 Å². The van der Waals surface area contributed by atoms with Gasteiger partial charge in [-0.05, 0) is 95.5 Å². The Balaban J connectivity index is 1.76. The van der Waals surface area contributed by atoms with Crippen LogP contribution in [0.25, 0.3) is 0 Å². The van der Waals surface area contributed by atoms with Crippen molar-refractivity contribution >= 4 is 23.4 Å². The molecular formula is C43H69NO12. The van der Waals surface area contributed by atoms with Crippen LogP contribution in [-0.4, -0.2) is 126 Å². The summed E-state index contributed by atoms with van der Waals surface area (Å²) < 4.78 is 29.7. The number of rotatable bonds is 6. The van der Waals surface area contributed by atoms with E-state index in [4.69, 9.17) is 23.7 Å². The number of cyclic esters (lactones) is 1. The molecule has 1 amide bonds. The molecule has 0 radical (unpaired) electrons. The predicted molar refractivity (Wildman–Crippen MR) is 208 cm³/mol. The molecule has 0 spiro atoms. The van der Waals surface area contributed by atoms with Crippen LogP contribution in [0.4, 0.5) is 0 Å². The lowest BCUT2D eigenvalue weighted by atomic mass is 9.81. The molecule has 13 nitrogen and oxygen atoms in total. The lowest BCUT2D eigenvalue weighted by Crippen LogP contribution is -2.64. The topological polar surface area (TPSA) is 178 Å². The SMILES string of the molecule is CC[C@@H]1/C=C(\C)C[C@H](C)C[C@H](OC)[C@H]2O[C@@](O)(C(=O)C(=O)N3CCCC[C@H]3C(=O)O[C@H](/C(C)=C/C3CC[C@@H](O)[C@H](OC)C3)[C@H](C)[C@@H](O)CC1=O)[C@H](C)C[C@@H]2OC. The summed E-state index contributed by atoms with van der Waals surface area (Å²) in [5.41, 5.74) is 1.66. The van der Waals surface area contributed by atoms with Crippen molar-refractivity contribution < 1.29 is 58.2 Å². The summed E-state index contributed by atoms with van der Waals surface area (Å²) >= 11 is 0. The molecule has 318 valence electrons. The Hall–Kier alpha value is -2.52. The molecule has 3 aliphatic heterocycles. The van der Waals surface area contributed by atoms with E-state index in [2.05, 4.69) is 6.92 Å². The molecular weight excluding hydrogens is 722 g/mol. The van der Waals surface area contributed by atoms with Gasteiger partial charge in [-0.2, -0.15) is 0 Å². The highest BCUT2D eigenvalue weighted by Gasteiger charge is 2.56. The Morgan fingerprint density at radius 3 is 2.21 bits per heavy atom. The average Bonchev–Trinajstić information content (AvgIpc) is 3.18. The first-order chi connectivity index (χ1) is 26.5. The minimum atomic E-state index is -2.50. The molecule has 1 unspecified atom stereocenters. The number of hydrogen-bond acceptors (Lipinski definition) is 12. The number of amides is 1. The van der Waals surface area contributed by atoms with E-state index in [-0.39, 0.29) is 49.5 Å². The second-order valence-electron chi connectivity index (χ2n) is 17.2. The standard InChI is InChI=1S/C43H69NO12/c1-10-30-18-24(2)17-25(3)19-36(53-8)39-37(54-9)21-27(5)43(51,56-39)40(48)41(49)44-16-12-11-13-31(44)42(50)55-38(28(6)33(46)23-34(30)47)26(4)20-29-14-15-32(45)35(22-29)52-7/h18,20,25,27-33,35-39,45-46,51H,10-17,19,21-23H2,1-9H3/b24-18+,26-20+/t25-,27+,28+,29?,30+,31-,32+,33-,35+,36-,37-,38+,39+,43+/m0/s1. The zero-order valence-electron chi connectivity index (χ0n) is 35.1. The Kier molecular flexibility index (Phi) is 16.9. The molecule has 1 aliphatic carbocycles. The average molecular weight is 792 g/mol. The lowest BCUT2D eigenvalue weighted by molar-refractivity contribution is -0.302. The quantitative estimate of drug-likeness (QED) is 0.196. The molecule has 3 fully saturated rings. The van der Waals surface area contributed by atoms with Crippen molar-refractivity contribution in [3.05, 3.63) is 23.3 Å². The number of hydrogen-bond donors (Lipinski definition) is 3. The fourth-order valence-corrected chi connectivity index (χ4v) is 9.39. The first kappa shape index (κ1) is 46.2. The van der Waals surface area contributed by atoms with Crippen molar-refractivity contribution in [2.45, 2.75) is 167 Å². The summed E-state index contributed by atoms with van der Waals surface area (Å²) in [4.78, 5) is 57.6. The van der Waals surface area contributed by atoms with Gasteiger partial charge in [0.15, 0.2) is 0 Å². The molecule has 0 aromatic rings. The zero-order valence-corrected chi connectivity index (χ0v) is 35.1. The fraction of sp³-hybridized carbons (Fsp3) is 0.814. The molecule has 14 atom stereocenters. The van der Waals surface area contributed by atoms with Crippen LogP contribution >= 0.6 is 0 Å². The molecule has 56 heavy (non-hydrogen) atoms. The van der Waals surface area contributed by atoms with Crippen LogP contribution in [0.5, 0.6) is 0 Å². The number of Topliss-reactive ketones (excluding diaryl/α,β-unsaturated/α-hetero) is 2. The number of ketones is 2. The second kappa shape index (κ2) is 20.4. The zero-order chi connectivity index (χ0) is 41.5. The Labute approximate surface area is 333 Å². The monoisotopic (exact) mass is 791 g/mol. The molecule has 2 bridgehead atoms. The number of esters is 1. The normalized spacial score (nSPS) is 41.6. The van der Waals surface area contributed by atoms with E-state index in [0.717, 1.165) is 5.57 Å². The summed E-state index contributed by atoms with van der Waals surface area (Å²) in [6.07, 6.45) is 3.72. The number of carbonyl (C=O) groups is 4. The number of fused-ring (bicyclic) bond motifs is 3. The number of aliphatic hydroxyl groups is 3. The first-order valence-electron chi connectivity index (χ1n) is 20.8. The molecule has 4 aliphatic rings. The van der Waals surface area contributed by atoms with E-state index < -0.39 is 83.9 Å². The highest BCUT2D eigenvalue weighted by atomic mass is 16.7. The first-order valence-corrected chi connectivity index (χ1v) is 20.8. The summed E-state index contributed by atoms with van der Waals surface area (Å²) in [6.45, 7) is 11.3. The maximum atomic E-state index is 14.3. The van der Waals surface area contributed by atoms with Crippen molar-refractivity contribution in [3.63, 3.8) is 0 Å². The van der Waals surface area contributed by atoms with Crippen molar-refractivity contribution in [1.29, 1.82) is 0 Å². The van der Waals surface area contributed by atoms with E-state index in [1.807, 2.05) is 32.9 Å². The number of methoxy groups -OCH3 is 3. The predicted octanol–water partition coefficient (Wildman–Crippen LogP) is 4.47. The van der Waals surface area contributed by atoms with Gasteiger partial charge in [0.1, 0.15) is 24.0 Å². The molecule has 1 saturated carbocycles. The molecule has 3 heterocycles. The molecule has 0 aromatic carbocycles. The van der Waals surface area contributed by atoms with Crippen molar-refractivity contribution in [2.24, 2.45) is 29.6 Å². The van der Waals surface area contributed by atoms with E-state index in [1.54, 1.807) is 21.0 Å².